The molecule has 0 spiro atoms. The van der Waals surface area contributed by atoms with Gasteiger partial charge in [-0.05, 0) is 25.7 Å². The van der Waals surface area contributed by atoms with Crippen molar-refractivity contribution in [1.82, 2.24) is 31.5 Å². The van der Waals surface area contributed by atoms with Gasteiger partial charge in [-0.2, -0.15) is 5.26 Å². The van der Waals surface area contributed by atoms with E-state index in [0.717, 1.165) is 4.90 Å². The van der Waals surface area contributed by atoms with Crippen LogP contribution in [0.1, 0.15) is 32.1 Å². The Kier molecular flexibility index (Phi) is 16.8. The number of nitrogens with zero attached hydrogens (tertiary/aromatic N) is 2. The summed E-state index contributed by atoms with van der Waals surface area (Å²) in [7, 11) is -1.14. The fourth-order valence-corrected chi connectivity index (χ4v) is 4.78. The molecule has 18 heteroatoms. The Hall–Kier alpha value is -3.42. The molecule has 42 heavy (non-hydrogen) atoms. The molecular formula is C24H40N7O10P. The van der Waals surface area contributed by atoms with Crippen molar-refractivity contribution in [3.05, 3.63) is 0 Å². The zero-order valence-electron chi connectivity index (χ0n) is 25.5. The Balaban J connectivity index is 2.65. The normalized spacial score (nSPS) is 17.3. The van der Waals surface area contributed by atoms with E-state index in [4.69, 9.17) is 17.2 Å². The molecule has 1 saturated carbocycles. The quantitative estimate of drug-likeness (QED) is 0.0451. The molecule has 236 valence electrons. The molecule has 0 aliphatic heterocycles. The van der Waals surface area contributed by atoms with Crippen LogP contribution in [-0.2, 0) is 37.8 Å². The molecule has 0 aromatic rings. The average Bonchev–Trinajstić information content (AvgIpc) is 3.00. The summed E-state index contributed by atoms with van der Waals surface area (Å²) in [5.41, 5.74) is 0. The van der Waals surface area contributed by atoms with E-state index in [0.29, 0.717) is 32.3 Å². The van der Waals surface area contributed by atoms with Crippen molar-refractivity contribution in [1.29, 1.82) is 8.12 Å². The summed E-state index contributed by atoms with van der Waals surface area (Å²) in [6.07, 6.45) is 2.56. The molecule has 17 nitrogen and oxygen atoms in total. The Morgan fingerprint density at radius 3 is 1.83 bits per heavy atom. The summed E-state index contributed by atoms with van der Waals surface area (Å²) in [6, 6.07) is 1.71. The van der Waals surface area contributed by atoms with E-state index in [2.05, 4.69) is 36.8 Å². The van der Waals surface area contributed by atoms with Crippen LogP contribution in [0.3, 0.4) is 0 Å². The predicted molar refractivity (Wildman–Crippen MR) is 147 cm³/mol. The molecule has 0 bridgehead atoms. The lowest BCUT2D eigenvalue weighted by atomic mass is 9.93. The molecule has 7 N–H and O–H groups in total. The van der Waals surface area contributed by atoms with E-state index in [-0.39, 0.29) is 71.0 Å². The Morgan fingerprint density at radius 1 is 0.857 bits per heavy atom. The predicted octanol–water partition coefficient (Wildman–Crippen LogP) is -3.42. The van der Waals surface area contributed by atoms with Crippen LogP contribution in [0.5, 0.6) is 0 Å². The van der Waals surface area contributed by atoms with Gasteiger partial charge in [0.1, 0.15) is 0 Å². The van der Waals surface area contributed by atoms with E-state index in [9.17, 15) is 28.8 Å². The maximum atomic E-state index is 13.0. The first-order valence-electron chi connectivity index (χ1n) is 14.2. The number of carbonyl (C=O) groups is 6. The van der Waals surface area contributed by atoms with Crippen molar-refractivity contribution in [2.75, 3.05) is 65.8 Å². The molecule has 1 aliphatic carbocycles. The highest BCUT2D eigenvalue weighted by Crippen LogP contribution is 2.38. The third-order valence-corrected chi connectivity index (χ3v) is 6.94. The van der Waals surface area contributed by atoms with Crippen LogP contribution in [-0.4, -0.2) is 131 Å². The van der Waals surface area contributed by atoms with Gasteiger partial charge in [-0.15, -0.1) is 0 Å². The van der Waals surface area contributed by atoms with Gasteiger partial charge >= 0.3 is 35.4 Å². The Labute approximate surface area is 247 Å². The number of hydrogen-bond acceptors (Lipinski definition) is 11. The third-order valence-electron chi connectivity index (χ3n) is 5.80. The second-order valence-corrected chi connectivity index (χ2v) is 10.3. The van der Waals surface area contributed by atoms with Crippen molar-refractivity contribution in [2.24, 2.45) is 0 Å². The second-order valence-electron chi connectivity index (χ2n) is 8.96. The number of nitriles is 1. The van der Waals surface area contributed by atoms with E-state index in [1.807, 2.05) is 6.07 Å². The van der Waals surface area contributed by atoms with E-state index < -0.39 is 43.8 Å². The van der Waals surface area contributed by atoms with Crippen molar-refractivity contribution in [3.8, 4) is 6.07 Å². The first-order chi connectivity index (χ1) is 21.1. The minimum atomic E-state index is -1.14. The lowest BCUT2D eigenvalue weighted by Gasteiger charge is -2.31. The van der Waals surface area contributed by atoms with Gasteiger partial charge in [0.05, 0.1) is 38.4 Å². The van der Waals surface area contributed by atoms with E-state index >= 15 is 0 Å². The number of rotatable bonds is 18. The van der Waals surface area contributed by atoms with Gasteiger partial charge in [-0.1, -0.05) is 0 Å². The lowest BCUT2D eigenvalue weighted by Crippen LogP contribution is -2.52. The Bertz CT molecular complexity index is 959. The molecule has 0 saturated heterocycles. The highest BCUT2D eigenvalue weighted by atomic mass is 31.2. The largest absolute Gasteiger partial charge is 0.395 e. The zero-order chi connectivity index (χ0) is 32.7. The van der Waals surface area contributed by atoms with Crippen LogP contribution in [0.15, 0.2) is 0 Å². The van der Waals surface area contributed by atoms with Crippen LogP contribution in [0.4, 0.5) is 0 Å². The van der Waals surface area contributed by atoms with Gasteiger partial charge in [-0.3, -0.25) is 28.8 Å². The van der Waals surface area contributed by atoms with Gasteiger partial charge in [-0.25, -0.2) is 0 Å². The standard InChI is InChI=1S/C24H40N7O10P/c1-42(40-16-2-7-25)41-18-5-3-17(4-6-18)30-23(38)24(39)31(12-8-26-19(34)21(36)28-10-14-32)13-9-27-20(35)22(37)29-11-15-33/h17-18,32-33H,2-6,8-16H2,1H3,(H,26,34)(H,27,35)(H,28,36)(H,29,37)(H,30,38)/i32T,33T. The van der Waals surface area contributed by atoms with Gasteiger partial charge < -0.3 is 50.7 Å². The van der Waals surface area contributed by atoms with Gasteiger partial charge in [0.25, 0.3) is 0 Å². The molecule has 0 radical (unpaired) electrons. The van der Waals surface area contributed by atoms with Crippen LogP contribution < -0.4 is 26.6 Å². The number of hydrogen-bond donors (Lipinski definition) is 7. The average molecular weight is 622 g/mol. The molecule has 1 fully saturated rings. The molecule has 6 amide bonds. The van der Waals surface area contributed by atoms with Crippen molar-refractivity contribution in [3.63, 3.8) is 0 Å². The monoisotopic (exact) mass is 621 g/mol. The smallest absolute Gasteiger partial charge is 0.312 e. The first kappa shape index (κ1) is 33.1. The van der Waals surface area contributed by atoms with Gasteiger partial charge in [0, 0.05) is 52.0 Å². The first-order valence-corrected chi connectivity index (χ1v) is 15.0. The van der Waals surface area contributed by atoms with Crippen LogP contribution in [0, 0.1) is 11.3 Å². The van der Waals surface area contributed by atoms with Crippen molar-refractivity contribution < 1.29 is 48.0 Å². The summed E-state index contributed by atoms with van der Waals surface area (Å²) in [5.74, 6) is -5.79. The molecule has 1 unspecified atom stereocenters. The molecule has 1 aliphatic rings. The number of nitrogens with one attached hydrogen (secondary N) is 5. The topological polar surface area (TPSA) is 249 Å². The van der Waals surface area contributed by atoms with Crippen LogP contribution in [0.2, 0.25) is 0 Å². The highest BCUT2D eigenvalue weighted by molar-refractivity contribution is 7.46. The summed E-state index contributed by atoms with van der Waals surface area (Å²) in [5, 5.41) is 28.5. The summed E-state index contributed by atoms with van der Waals surface area (Å²) >= 11 is 0. The zero-order valence-corrected chi connectivity index (χ0v) is 24.4. The SMILES string of the molecule is [3H]OCCNC(=O)C(=O)NCCN(CCNC(=O)C(=O)NCCO[3H])C(=O)C(=O)NC1CCC(OP(C)OCCC#N)CC1. The fourth-order valence-electron chi connectivity index (χ4n) is 3.74. The van der Waals surface area contributed by atoms with Crippen LogP contribution >= 0.6 is 8.38 Å². The van der Waals surface area contributed by atoms with Gasteiger partial charge in [0.2, 0.25) is 2.86 Å². The second kappa shape index (κ2) is 21.3. The maximum Gasteiger partial charge on any atom is 0.312 e. The van der Waals surface area contributed by atoms with Crippen LogP contribution in [0.25, 0.3) is 0 Å². The number of aliphatic hydroxyl groups is 2. The maximum absolute atomic E-state index is 13.0. The number of aliphatic hydroxyl groups excluding tert-OH is 2. The molecule has 0 aromatic carbocycles. The molecule has 0 heterocycles. The lowest BCUT2D eigenvalue weighted by molar-refractivity contribution is -0.146. The third kappa shape index (κ3) is 15.0. The summed E-state index contributed by atoms with van der Waals surface area (Å²) in [6.45, 7) is 0.923. The Morgan fingerprint density at radius 2 is 1.36 bits per heavy atom. The van der Waals surface area contributed by atoms with Gasteiger partial charge in [0.15, 0.2) is 8.38 Å². The van der Waals surface area contributed by atoms with E-state index in [1.165, 1.54) is 0 Å². The summed E-state index contributed by atoms with van der Waals surface area (Å²) in [4.78, 5) is 74.5. The van der Waals surface area contributed by atoms with Crippen molar-refractivity contribution >= 4 is 43.8 Å². The molecule has 1 atom stereocenters. The minimum absolute atomic E-state index is 0.0615. The fraction of sp³-hybridized carbons (Fsp3) is 0.708. The molecular weight excluding hydrogens is 577 g/mol. The van der Waals surface area contributed by atoms with E-state index in [1.54, 1.807) is 6.66 Å². The van der Waals surface area contributed by atoms with Crippen molar-refractivity contribution in [2.45, 2.75) is 44.2 Å². The highest BCUT2D eigenvalue weighted by Gasteiger charge is 2.29. The number of carbonyl (C=O) groups excluding carboxylic acids is 6. The number of amides is 6. The summed E-state index contributed by atoms with van der Waals surface area (Å²) < 4.78 is 24.5. The minimum Gasteiger partial charge on any atom is -0.395 e. The molecule has 0 aromatic heterocycles. The molecule has 1 rings (SSSR count).